The molecule has 0 atom stereocenters. The minimum atomic E-state index is -4.62. The second-order valence-corrected chi connectivity index (χ2v) is 6.92. The summed E-state index contributed by atoms with van der Waals surface area (Å²) in [5.41, 5.74) is -0.613. The van der Waals surface area contributed by atoms with Crippen LogP contribution in [0.1, 0.15) is 30.1 Å². The summed E-state index contributed by atoms with van der Waals surface area (Å²) in [4.78, 5) is 12.2. The van der Waals surface area contributed by atoms with E-state index in [-0.39, 0.29) is 21.8 Å². The van der Waals surface area contributed by atoms with E-state index in [0.29, 0.717) is 10.7 Å². The first kappa shape index (κ1) is 18.1. The minimum absolute atomic E-state index is 0.0506. The topological polar surface area (TPSA) is 67.2 Å². The van der Waals surface area contributed by atoms with Crippen molar-refractivity contribution in [1.29, 1.82) is 0 Å². The number of halogens is 5. The Hall–Kier alpha value is -1.74. The van der Waals surface area contributed by atoms with Gasteiger partial charge in [-0.05, 0) is 47.0 Å². The number of phenols is 1. The van der Waals surface area contributed by atoms with E-state index >= 15 is 0 Å². The van der Waals surface area contributed by atoms with Gasteiger partial charge in [0.25, 0.3) is 0 Å². The first-order chi connectivity index (χ1) is 11.7. The van der Waals surface area contributed by atoms with Crippen molar-refractivity contribution < 1.29 is 23.1 Å². The number of rotatable bonds is 4. The van der Waals surface area contributed by atoms with Gasteiger partial charge in [-0.25, -0.2) is 0 Å². The number of alkyl halides is 3. The zero-order valence-electron chi connectivity index (χ0n) is 12.6. The molecule has 0 aliphatic heterocycles. The number of amides is 1. The van der Waals surface area contributed by atoms with Gasteiger partial charge in [-0.3, -0.25) is 9.48 Å². The zero-order valence-corrected chi connectivity index (χ0v) is 14.9. The fraction of sp³-hybridized carbons (Fsp3) is 0.333. The Kier molecular flexibility index (Phi) is 4.72. The molecule has 2 aromatic rings. The lowest BCUT2D eigenvalue weighted by atomic mass is 10.2. The van der Waals surface area contributed by atoms with Crippen molar-refractivity contribution in [2.45, 2.75) is 31.5 Å². The van der Waals surface area contributed by atoms with Gasteiger partial charge < -0.3 is 10.4 Å². The number of phenolic OH excluding ortho intramolecular Hbond substituents is 1. The Balaban J connectivity index is 1.85. The molecule has 25 heavy (non-hydrogen) atoms. The van der Waals surface area contributed by atoms with E-state index in [1.165, 1.54) is 18.2 Å². The van der Waals surface area contributed by atoms with Crippen LogP contribution in [0.25, 0.3) is 0 Å². The number of anilines is 1. The molecular weight excluding hydrogens is 427 g/mol. The minimum Gasteiger partial charge on any atom is -0.506 e. The third-order valence-electron chi connectivity index (χ3n) is 3.69. The molecule has 0 saturated heterocycles. The molecule has 0 bridgehead atoms. The molecule has 1 aliphatic carbocycles. The van der Waals surface area contributed by atoms with Crippen LogP contribution in [0.5, 0.6) is 5.75 Å². The Morgan fingerprint density at radius 3 is 2.72 bits per heavy atom. The Bertz CT molecular complexity index is 834. The Labute approximate surface area is 153 Å². The van der Waals surface area contributed by atoms with Gasteiger partial charge in [-0.15, -0.1) is 0 Å². The number of carbonyl (C=O) groups is 1. The molecule has 5 nitrogen and oxygen atoms in total. The summed E-state index contributed by atoms with van der Waals surface area (Å²) in [6.07, 6.45) is -3.12. The van der Waals surface area contributed by atoms with Crippen LogP contribution in [0, 0.1) is 0 Å². The monoisotopic (exact) mass is 437 g/mol. The molecule has 1 heterocycles. The van der Waals surface area contributed by atoms with Crippen LogP contribution >= 0.6 is 27.5 Å². The molecule has 1 aromatic heterocycles. The van der Waals surface area contributed by atoms with Gasteiger partial charge in [-0.2, -0.15) is 18.3 Å². The number of nitrogens with zero attached hydrogens (tertiary/aromatic N) is 2. The molecule has 1 fully saturated rings. The molecule has 0 spiro atoms. The van der Waals surface area contributed by atoms with Crippen LogP contribution in [0.15, 0.2) is 22.7 Å². The second-order valence-electron chi connectivity index (χ2n) is 5.69. The maximum absolute atomic E-state index is 13.1. The number of hydrogen-bond acceptors (Lipinski definition) is 3. The van der Waals surface area contributed by atoms with Crippen molar-refractivity contribution in [2.75, 3.05) is 5.32 Å². The normalized spacial score (nSPS) is 14.6. The molecule has 1 aromatic carbocycles. The summed E-state index contributed by atoms with van der Waals surface area (Å²) in [5, 5.41) is 16.0. The molecule has 0 radical (unpaired) electrons. The van der Waals surface area contributed by atoms with Gasteiger partial charge in [0.15, 0.2) is 5.69 Å². The van der Waals surface area contributed by atoms with Crippen LogP contribution in [-0.4, -0.2) is 20.8 Å². The van der Waals surface area contributed by atoms with Crippen molar-refractivity contribution in [3.05, 3.63) is 39.1 Å². The SMILES string of the molecule is O=C(Cn1nc(C(F)(F)F)c(Br)c1C1CC1)Nc1cc(Cl)ccc1O. The summed E-state index contributed by atoms with van der Waals surface area (Å²) in [6.45, 7) is -0.410. The van der Waals surface area contributed by atoms with Gasteiger partial charge in [0, 0.05) is 10.9 Å². The zero-order chi connectivity index (χ0) is 18.4. The van der Waals surface area contributed by atoms with E-state index in [4.69, 9.17) is 11.6 Å². The van der Waals surface area contributed by atoms with E-state index in [1.807, 2.05) is 0 Å². The number of benzene rings is 1. The highest BCUT2D eigenvalue weighted by atomic mass is 79.9. The highest BCUT2D eigenvalue weighted by Crippen LogP contribution is 2.47. The van der Waals surface area contributed by atoms with Crippen molar-refractivity contribution in [2.24, 2.45) is 0 Å². The molecular formula is C15H12BrClF3N3O2. The third-order valence-corrected chi connectivity index (χ3v) is 4.71. The standard InChI is InChI=1S/C15H12BrClF3N3O2/c16-12-13(7-1-2-7)23(22-14(12)15(18,19)20)6-11(25)21-9-5-8(17)3-4-10(9)24/h3-5,7,24H,1-2,6H2,(H,21,25). The summed E-state index contributed by atoms with van der Waals surface area (Å²) >= 11 is 8.76. The molecule has 10 heteroatoms. The van der Waals surface area contributed by atoms with Crippen molar-refractivity contribution in [1.82, 2.24) is 9.78 Å². The van der Waals surface area contributed by atoms with Gasteiger partial charge in [0.05, 0.1) is 15.9 Å². The maximum Gasteiger partial charge on any atom is 0.436 e. The lowest BCUT2D eigenvalue weighted by Crippen LogP contribution is -2.21. The maximum atomic E-state index is 13.1. The van der Waals surface area contributed by atoms with Crippen molar-refractivity contribution in [3.8, 4) is 5.75 Å². The van der Waals surface area contributed by atoms with E-state index in [0.717, 1.165) is 17.5 Å². The van der Waals surface area contributed by atoms with E-state index in [9.17, 15) is 23.1 Å². The number of aromatic hydroxyl groups is 1. The Morgan fingerprint density at radius 2 is 2.12 bits per heavy atom. The van der Waals surface area contributed by atoms with Crippen LogP contribution < -0.4 is 5.32 Å². The molecule has 1 aliphatic rings. The largest absolute Gasteiger partial charge is 0.506 e. The first-order valence-electron chi connectivity index (χ1n) is 7.28. The fourth-order valence-electron chi connectivity index (χ4n) is 2.44. The van der Waals surface area contributed by atoms with Gasteiger partial charge in [-0.1, -0.05) is 11.6 Å². The molecule has 134 valence electrons. The molecule has 3 rings (SSSR count). The summed E-state index contributed by atoms with van der Waals surface area (Å²) < 4.78 is 40.1. The number of aromatic nitrogens is 2. The summed E-state index contributed by atoms with van der Waals surface area (Å²) in [6, 6.07) is 4.09. The number of carbonyl (C=O) groups excluding carboxylic acids is 1. The highest BCUT2D eigenvalue weighted by Gasteiger charge is 2.41. The summed E-state index contributed by atoms with van der Waals surface area (Å²) in [7, 11) is 0. The van der Waals surface area contributed by atoms with Crippen LogP contribution in [0.4, 0.5) is 18.9 Å². The molecule has 1 saturated carbocycles. The van der Waals surface area contributed by atoms with Gasteiger partial charge in [0.2, 0.25) is 5.91 Å². The van der Waals surface area contributed by atoms with Gasteiger partial charge in [0.1, 0.15) is 12.3 Å². The van der Waals surface area contributed by atoms with E-state index < -0.39 is 24.3 Å². The average molecular weight is 439 g/mol. The third kappa shape index (κ3) is 3.92. The lowest BCUT2D eigenvalue weighted by Gasteiger charge is -2.10. The second kappa shape index (κ2) is 6.53. The van der Waals surface area contributed by atoms with Crippen molar-refractivity contribution in [3.63, 3.8) is 0 Å². The Morgan fingerprint density at radius 1 is 1.44 bits per heavy atom. The molecule has 1 amide bonds. The smallest absolute Gasteiger partial charge is 0.436 e. The number of nitrogens with one attached hydrogen (secondary N) is 1. The predicted octanol–water partition coefficient (Wildman–Crippen LogP) is 4.54. The molecule has 0 unspecified atom stereocenters. The number of hydrogen-bond donors (Lipinski definition) is 2. The van der Waals surface area contributed by atoms with Crippen LogP contribution in [0.2, 0.25) is 5.02 Å². The first-order valence-corrected chi connectivity index (χ1v) is 8.45. The highest BCUT2D eigenvalue weighted by molar-refractivity contribution is 9.10. The lowest BCUT2D eigenvalue weighted by molar-refractivity contribution is -0.142. The van der Waals surface area contributed by atoms with E-state index in [2.05, 4.69) is 26.3 Å². The van der Waals surface area contributed by atoms with Crippen molar-refractivity contribution >= 4 is 39.1 Å². The van der Waals surface area contributed by atoms with Gasteiger partial charge >= 0.3 is 6.18 Å². The fourth-order valence-corrected chi connectivity index (χ4v) is 3.44. The van der Waals surface area contributed by atoms with Crippen LogP contribution in [-0.2, 0) is 17.5 Å². The summed E-state index contributed by atoms with van der Waals surface area (Å²) in [5.74, 6) is -0.869. The molecule has 2 N–H and O–H groups in total. The van der Waals surface area contributed by atoms with E-state index in [1.54, 1.807) is 0 Å². The predicted molar refractivity (Wildman–Crippen MR) is 88.7 cm³/mol. The van der Waals surface area contributed by atoms with Crippen LogP contribution in [0.3, 0.4) is 0 Å². The average Bonchev–Trinajstić information content (AvgIpc) is 3.26. The quantitative estimate of drug-likeness (QED) is 0.689.